The molecular formula is C17H28ClNO9. The molecule has 0 aliphatic carbocycles. The minimum Gasteiger partial charge on any atom is -0.465 e. The zero-order valence-electron chi connectivity index (χ0n) is 16.6. The summed E-state index contributed by atoms with van der Waals surface area (Å²) in [6, 6.07) is -1.15. The van der Waals surface area contributed by atoms with Crippen molar-refractivity contribution in [3.05, 3.63) is 0 Å². The molecule has 2 aliphatic rings. The normalized spacial score (nSPS) is 38.6. The summed E-state index contributed by atoms with van der Waals surface area (Å²) in [5.41, 5.74) is -1.85. The third-order valence-electron chi connectivity index (χ3n) is 4.94. The van der Waals surface area contributed by atoms with Crippen LogP contribution in [0.4, 0.5) is 0 Å². The third-order valence-corrected chi connectivity index (χ3v) is 5.40. The van der Waals surface area contributed by atoms with Gasteiger partial charge < -0.3 is 39.2 Å². The predicted molar refractivity (Wildman–Crippen MR) is 95.4 cm³/mol. The van der Waals surface area contributed by atoms with Gasteiger partial charge >= 0.3 is 5.97 Å². The van der Waals surface area contributed by atoms with E-state index in [9.17, 15) is 19.8 Å². The maximum absolute atomic E-state index is 12.4. The van der Waals surface area contributed by atoms with Crippen LogP contribution in [0.15, 0.2) is 0 Å². The number of rotatable bonds is 6. The number of carbonyl (C=O) groups excluding carboxylic acids is 2. The van der Waals surface area contributed by atoms with Gasteiger partial charge in [-0.3, -0.25) is 4.79 Å². The minimum atomic E-state index is -2.03. The van der Waals surface area contributed by atoms with E-state index in [1.807, 2.05) is 0 Å². The molecule has 0 radical (unpaired) electrons. The van der Waals surface area contributed by atoms with E-state index in [1.165, 1.54) is 14.0 Å². The van der Waals surface area contributed by atoms with Crippen molar-refractivity contribution in [1.29, 1.82) is 0 Å². The van der Waals surface area contributed by atoms with Crippen molar-refractivity contribution in [3.63, 3.8) is 0 Å². The zero-order valence-corrected chi connectivity index (χ0v) is 17.3. The Morgan fingerprint density at radius 2 is 1.96 bits per heavy atom. The van der Waals surface area contributed by atoms with Gasteiger partial charge in [0.25, 0.3) is 5.79 Å². The fourth-order valence-corrected chi connectivity index (χ4v) is 3.82. The fourth-order valence-electron chi connectivity index (χ4n) is 3.56. The van der Waals surface area contributed by atoms with E-state index in [1.54, 1.807) is 13.8 Å². The van der Waals surface area contributed by atoms with Crippen LogP contribution >= 0.6 is 11.6 Å². The molecule has 6 atom stereocenters. The van der Waals surface area contributed by atoms with Gasteiger partial charge in [0.15, 0.2) is 5.79 Å². The lowest BCUT2D eigenvalue weighted by molar-refractivity contribution is -0.319. The number of esters is 1. The fraction of sp³-hybridized carbons (Fsp3) is 0.882. The highest BCUT2D eigenvalue weighted by atomic mass is 35.5. The van der Waals surface area contributed by atoms with E-state index in [0.29, 0.717) is 0 Å². The summed E-state index contributed by atoms with van der Waals surface area (Å²) in [5.74, 6) is -4.75. The van der Waals surface area contributed by atoms with Crippen LogP contribution in [0.5, 0.6) is 0 Å². The highest BCUT2D eigenvalue weighted by Crippen LogP contribution is 2.41. The molecule has 1 amide bonds. The molecule has 2 fully saturated rings. The van der Waals surface area contributed by atoms with Crippen LogP contribution in [0.2, 0.25) is 0 Å². The van der Waals surface area contributed by atoms with Gasteiger partial charge in [0.1, 0.15) is 23.9 Å². The summed E-state index contributed by atoms with van der Waals surface area (Å²) >= 11 is 6.00. The van der Waals surface area contributed by atoms with Crippen molar-refractivity contribution < 1.29 is 43.5 Å². The summed E-state index contributed by atoms with van der Waals surface area (Å²) in [6.45, 7) is 4.64. The minimum absolute atomic E-state index is 0.0400. The number of hydrogen-bond donors (Lipinski definition) is 3. The number of methoxy groups -OCH3 is 2. The number of aliphatic hydroxyl groups excluding tert-OH is 1. The van der Waals surface area contributed by atoms with E-state index < -0.39 is 59.8 Å². The number of nitrogens with one attached hydrogen (secondary N) is 1. The van der Waals surface area contributed by atoms with Crippen LogP contribution in [-0.2, 0) is 33.3 Å². The van der Waals surface area contributed by atoms with E-state index in [-0.39, 0.29) is 12.5 Å². The maximum Gasteiger partial charge on any atom is 0.366 e. The maximum atomic E-state index is 12.4. The Morgan fingerprint density at radius 3 is 2.39 bits per heavy atom. The van der Waals surface area contributed by atoms with Crippen LogP contribution in [0.25, 0.3) is 0 Å². The lowest BCUT2D eigenvalue weighted by atomic mass is 9.79. The Hall–Kier alpha value is -1.01. The Kier molecular flexibility index (Phi) is 6.97. The van der Waals surface area contributed by atoms with Gasteiger partial charge in [-0.2, -0.15) is 0 Å². The molecule has 0 unspecified atom stereocenters. The molecule has 0 aromatic rings. The number of halogens is 1. The number of aliphatic hydroxyl groups is 2. The average Bonchev–Trinajstić information content (AvgIpc) is 3.01. The average molecular weight is 426 g/mol. The summed E-state index contributed by atoms with van der Waals surface area (Å²) < 4.78 is 27.0. The first kappa shape index (κ1) is 23.3. The molecule has 28 heavy (non-hydrogen) atoms. The lowest BCUT2D eigenvalue weighted by Crippen LogP contribution is -2.73. The topological polar surface area (TPSA) is 133 Å². The summed E-state index contributed by atoms with van der Waals surface area (Å²) in [4.78, 5) is 24.1. The van der Waals surface area contributed by atoms with Gasteiger partial charge in [0, 0.05) is 20.5 Å². The molecule has 0 bridgehead atoms. The van der Waals surface area contributed by atoms with Gasteiger partial charge in [-0.25, -0.2) is 4.79 Å². The zero-order chi connectivity index (χ0) is 21.3. The number of alkyl halides is 1. The molecule has 0 aromatic carbocycles. The molecule has 2 aliphatic heterocycles. The highest BCUT2D eigenvalue weighted by molar-refractivity contribution is 6.18. The summed E-state index contributed by atoms with van der Waals surface area (Å²) in [7, 11) is 2.33. The SMILES string of the molecule is COC(=O)[C@]1(OC)C[C@](O)(CCl)[C@@H](NC(C)=O)[C@H]([C@H](O)[C@H]2COC(C)(C)O2)O1. The molecule has 11 heteroatoms. The second-order valence-electron chi connectivity index (χ2n) is 7.48. The smallest absolute Gasteiger partial charge is 0.366 e. The van der Waals surface area contributed by atoms with Crippen molar-refractivity contribution in [3.8, 4) is 0 Å². The van der Waals surface area contributed by atoms with E-state index in [2.05, 4.69) is 5.32 Å². The molecular weight excluding hydrogens is 398 g/mol. The van der Waals surface area contributed by atoms with Crippen LogP contribution < -0.4 is 5.32 Å². The van der Waals surface area contributed by atoms with Crippen LogP contribution in [0.3, 0.4) is 0 Å². The van der Waals surface area contributed by atoms with Crippen LogP contribution in [0, 0.1) is 0 Å². The second kappa shape index (κ2) is 8.39. The first-order valence-corrected chi connectivity index (χ1v) is 9.34. The summed E-state index contributed by atoms with van der Waals surface area (Å²) in [5, 5.41) is 24.7. The van der Waals surface area contributed by atoms with Crippen molar-refractivity contribution >= 4 is 23.5 Å². The molecule has 10 nitrogen and oxygen atoms in total. The molecule has 2 saturated heterocycles. The Balaban J connectivity index is 2.45. The van der Waals surface area contributed by atoms with Gasteiger partial charge in [0.2, 0.25) is 5.91 Å². The number of amides is 1. The quantitative estimate of drug-likeness (QED) is 0.372. The van der Waals surface area contributed by atoms with Gasteiger partial charge in [-0.1, -0.05) is 0 Å². The molecule has 2 rings (SSSR count). The lowest BCUT2D eigenvalue weighted by Gasteiger charge is -2.51. The Bertz CT molecular complexity index is 603. The molecule has 162 valence electrons. The van der Waals surface area contributed by atoms with Gasteiger partial charge in [-0.15, -0.1) is 11.6 Å². The first-order chi connectivity index (χ1) is 12.9. The van der Waals surface area contributed by atoms with Crippen LogP contribution in [0.1, 0.15) is 27.2 Å². The van der Waals surface area contributed by atoms with E-state index >= 15 is 0 Å². The van der Waals surface area contributed by atoms with Gasteiger partial charge in [0.05, 0.1) is 25.6 Å². The van der Waals surface area contributed by atoms with Crippen molar-refractivity contribution in [2.75, 3.05) is 26.7 Å². The van der Waals surface area contributed by atoms with Crippen molar-refractivity contribution in [2.24, 2.45) is 0 Å². The second-order valence-corrected chi connectivity index (χ2v) is 7.75. The van der Waals surface area contributed by atoms with Gasteiger partial charge in [-0.05, 0) is 13.8 Å². The summed E-state index contributed by atoms with van der Waals surface area (Å²) in [6.07, 6.45) is -3.98. The Morgan fingerprint density at radius 1 is 1.32 bits per heavy atom. The molecule has 3 N–H and O–H groups in total. The standard InChI is InChI=1S/C17H28ClNO9/c1-9(20)19-13-12(11(21)10-6-26-15(2,3)27-10)28-17(25-5,14(22)24-4)7-16(13,23)8-18/h10-13,21,23H,6-8H2,1-5H3,(H,19,20)/t10-,11-,12+,13+,16+,17+/m1/s1. The van der Waals surface area contributed by atoms with Crippen molar-refractivity contribution in [1.82, 2.24) is 5.32 Å². The largest absolute Gasteiger partial charge is 0.465 e. The predicted octanol–water partition coefficient (Wildman–Crippen LogP) is -0.722. The number of hydrogen-bond acceptors (Lipinski definition) is 9. The van der Waals surface area contributed by atoms with Crippen LogP contribution in [-0.4, -0.2) is 90.3 Å². The third kappa shape index (κ3) is 4.43. The number of carbonyl (C=O) groups is 2. The molecule has 2 heterocycles. The highest BCUT2D eigenvalue weighted by Gasteiger charge is 2.62. The van der Waals surface area contributed by atoms with E-state index in [4.69, 9.17) is 35.3 Å². The van der Waals surface area contributed by atoms with E-state index in [0.717, 1.165) is 7.11 Å². The number of ether oxygens (including phenoxy) is 5. The van der Waals surface area contributed by atoms with Crippen molar-refractivity contribution in [2.45, 2.75) is 68.7 Å². The molecule has 0 spiro atoms. The monoisotopic (exact) mass is 425 g/mol. The molecule has 0 saturated carbocycles. The first-order valence-electron chi connectivity index (χ1n) is 8.80. The Labute approximate surface area is 168 Å². The molecule has 0 aromatic heterocycles.